The molecule has 1 fully saturated rings. The van der Waals surface area contributed by atoms with Crippen molar-refractivity contribution in [3.8, 4) is 0 Å². The summed E-state index contributed by atoms with van der Waals surface area (Å²) in [6.07, 6.45) is 6.13. The van der Waals surface area contributed by atoms with E-state index in [-0.39, 0.29) is 11.8 Å². The molecule has 0 spiro atoms. The van der Waals surface area contributed by atoms with Crippen molar-refractivity contribution in [2.45, 2.75) is 38.6 Å². The zero-order valence-electron chi connectivity index (χ0n) is 10.9. The van der Waals surface area contributed by atoms with Crippen LogP contribution in [0.1, 0.15) is 37.9 Å². The van der Waals surface area contributed by atoms with E-state index < -0.39 is 5.97 Å². The van der Waals surface area contributed by atoms with Gasteiger partial charge in [0.1, 0.15) is 11.3 Å². The highest BCUT2D eigenvalue weighted by Crippen LogP contribution is 2.40. The van der Waals surface area contributed by atoms with Gasteiger partial charge in [0.05, 0.1) is 17.6 Å². The summed E-state index contributed by atoms with van der Waals surface area (Å²) in [7, 11) is 0. The van der Waals surface area contributed by atoms with Gasteiger partial charge in [-0.2, -0.15) is 0 Å². The number of carbonyl (C=O) groups is 1. The maximum absolute atomic E-state index is 11.4. The average molecular weight is 259 g/mol. The van der Waals surface area contributed by atoms with Crippen LogP contribution < -0.4 is 0 Å². The van der Waals surface area contributed by atoms with Gasteiger partial charge in [-0.25, -0.2) is 4.98 Å². The zero-order chi connectivity index (χ0) is 13.4. The van der Waals surface area contributed by atoms with Gasteiger partial charge in [-0.3, -0.25) is 9.78 Å². The summed E-state index contributed by atoms with van der Waals surface area (Å²) in [5.74, 6) is -0.0503. The van der Waals surface area contributed by atoms with Crippen LogP contribution in [0.15, 0.2) is 18.5 Å². The Bertz CT molecular complexity index is 620. The number of hydrogen-bond donors (Lipinski definition) is 1. The van der Waals surface area contributed by atoms with E-state index in [2.05, 4.69) is 21.5 Å². The van der Waals surface area contributed by atoms with E-state index in [1.165, 1.54) is 0 Å². The molecule has 3 rings (SSSR count). The first kappa shape index (κ1) is 12.1. The molecule has 100 valence electrons. The van der Waals surface area contributed by atoms with Crippen LogP contribution in [0, 0.1) is 5.92 Å². The molecule has 2 atom stereocenters. The summed E-state index contributed by atoms with van der Waals surface area (Å²) in [6, 6.07) is 1.94. The fourth-order valence-corrected chi connectivity index (χ4v) is 3.18. The Labute approximate surface area is 111 Å². The van der Waals surface area contributed by atoms with E-state index in [0.717, 1.165) is 42.7 Å². The van der Waals surface area contributed by atoms with Gasteiger partial charge in [0.25, 0.3) is 0 Å². The lowest BCUT2D eigenvalue weighted by Crippen LogP contribution is -2.20. The third kappa shape index (κ3) is 1.89. The fourth-order valence-electron chi connectivity index (χ4n) is 3.18. The third-order valence-corrected chi connectivity index (χ3v) is 4.06. The molecular weight excluding hydrogens is 242 g/mol. The van der Waals surface area contributed by atoms with Crippen LogP contribution in [-0.4, -0.2) is 25.6 Å². The van der Waals surface area contributed by atoms with E-state index >= 15 is 0 Å². The number of rotatable bonds is 3. The molecule has 1 aliphatic rings. The topological polar surface area (TPSA) is 68.0 Å². The zero-order valence-corrected chi connectivity index (χ0v) is 10.9. The van der Waals surface area contributed by atoms with E-state index in [4.69, 9.17) is 0 Å². The lowest BCUT2D eigenvalue weighted by atomic mass is 9.95. The number of fused-ring (bicyclic) bond motifs is 1. The quantitative estimate of drug-likeness (QED) is 0.919. The minimum atomic E-state index is -0.699. The molecule has 0 bridgehead atoms. The Balaban J connectivity index is 2.11. The van der Waals surface area contributed by atoms with Crippen molar-refractivity contribution >= 4 is 17.0 Å². The molecular formula is C14H17N3O2. The number of carboxylic acids is 1. The fraction of sp³-hybridized carbons (Fsp3) is 0.500. The highest BCUT2D eigenvalue weighted by Gasteiger charge is 2.36. The number of aliphatic carboxylic acids is 1. The molecule has 1 aliphatic carbocycles. The minimum Gasteiger partial charge on any atom is -0.481 e. The molecule has 1 N–H and O–H groups in total. The van der Waals surface area contributed by atoms with Crippen molar-refractivity contribution in [1.29, 1.82) is 0 Å². The normalized spacial score (nSPS) is 23.0. The molecule has 0 aliphatic heterocycles. The number of carboxylic acid groups (broad SMARTS) is 1. The molecule has 2 aromatic heterocycles. The molecule has 0 amide bonds. The van der Waals surface area contributed by atoms with Crippen LogP contribution in [0.2, 0.25) is 0 Å². The van der Waals surface area contributed by atoms with E-state index in [9.17, 15) is 9.90 Å². The summed E-state index contributed by atoms with van der Waals surface area (Å²) in [5, 5.41) is 9.33. The largest absolute Gasteiger partial charge is 0.481 e. The molecule has 2 heterocycles. The first-order valence-electron chi connectivity index (χ1n) is 6.75. The molecule has 0 aromatic carbocycles. The first-order chi connectivity index (χ1) is 9.22. The Morgan fingerprint density at radius 2 is 2.37 bits per heavy atom. The van der Waals surface area contributed by atoms with E-state index in [1.807, 2.05) is 6.07 Å². The van der Waals surface area contributed by atoms with Crippen molar-refractivity contribution in [2.24, 2.45) is 5.92 Å². The summed E-state index contributed by atoms with van der Waals surface area (Å²) in [5.41, 5.74) is 1.90. The molecule has 5 heteroatoms. The Morgan fingerprint density at radius 3 is 3.11 bits per heavy atom. The Hall–Kier alpha value is -1.91. The monoisotopic (exact) mass is 259 g/mol. The summed E-state index contributed by atoms with van der Waals surface area (Å²) in [6.45, 7) is 2.87. The smallest absolute Gasteiger partial charge is 0.307 e. The average Bonchev–Trinajstić information content (AvgIpc) is 3.02. The Morgan fingerprint density at radius 1 is 1.53 bits per heavy atom. The predicted octanol–water partition coefficient (Wildman–Crippen LogP) is 2.42. The number of hydrogen-bond acceptors (Lipinski definition) is 3. The van der Waals surface area contributed by atoms with Crippen LogP contribution in [0.5, 0.6) is 0 Å². The van der Waals surface area contributed by atoms with Gasteiger partial charge in [-0.05, 0) is 25.8 Å². The van der Waals surface area contributed by atoms with Crippen LogP contribution >= 0.6 is 0 Å². The minimum absolute atomic E-state index is 0.0323. The van der Waals surface area contributed by atoms with Crippen molar-refractivity contribution in [1.82, 2.24) is 14.5 Å². The van der Waals surface area contributed by atoms with Crippen molar-refractivity contribution in [3.05, 3.63) is 24.3 Å². The second-order valence-electron chi connectivity index (χ2n) is 5.06. The van der Waals surface area contributed by atoms with Gasteiger partial charge in [0.2, 0.25) is 0 Å². The Kier molecular flexibility index (Phi) is 2.97. The lowest BCUT2D eigenvalue weighted by Gasteiger charge is -2.16. The van der Waals surface area contributed by atoms with Gasteiger partial charge in [0.15, 0.2) is 0 Å². The highest BCUT2D eigenvalue weighted by molar-refractivity contribution is 5.76. The summed E-state index contributed by atoms with van der Waals surface area (Å²) >= 11 is 0. The molecule has 2 aromatic rings. The van der Waals surface area contributed by atoms with Crippen molar-refractivity contribution in [3.63, 3.8) is 0 Å². The predicted molar refractivity (Wildman–Crippen MR) is 70.9 cm³/mol. The van der Waals surface area contributed by atoms with E-state index in [1.54, 1.807) is 12.4 Å². The van der Waals surface area contributed by atoms with E-state index in [0.29, 0.717) is 0 Å². The van der Waals surface area contributed by atoms with Crippen LogP contribution in [-0.2, 0) is 11.3 Å². The second-order valence-corrected chi connectivity index (χ2v) is 5.06. The standard InChI is InChI=1S/C14H17N3O2/c1-2-17-12-6-7-15-8-11(12)16-13(17)9-4-3-5-10(9)14(18)19/h6-10H,2-5H2,1H3,(H,18,19). The second kappa shape index (κ2) is 4.64. The molecule has 0 radical (unpaired) electrons. The van der Waals surface area contributed by atoms with Gasteiger partial charge in [-0.15, -0.1) is 0 Å². The number of pyridine rings is 1. The lowest BCUT2D eigenvalue weighted by molar-refractivity contribution is -0.142. The molecule has 1 saturated carbocycles. The maximum atomic E-state index is 11.4. The maximum Gasteiger partial charge on any atom is 0.307 e. The number of aryl methyl sites for hydroxylation is 1. The molecule has 2 unspecified atom stereocenters. The van der Waals surface area contributed by atoms with Crippen molar-refractivity contribution in [2.75, 3.05) is 0 Å². The summed E-state index contributed by atoms with van der Waals surface area (Å²) < 4.78 is 2.13. The third-order valence-electron chi connectivity index (χ3n) is 4.06. The van der Waals surface area contributed by atoms with Crippen LogP contribution in [0.25, 0.3) is 11.0 Å². The SMILES string of the molecule is CCn1c(C2CCCC2C(=O)O)nc2cnccc21. The van der Waals surface area contributed by atoms with Gasteiger partial charge < -0.3 is 9.67 Å². The molecule has 0 saturated heterocycles. The number of nitrogens with zero attached hydrogens (tertiary/aromatic N) is 3. The van der Waals surface area contributed by atoms with Gasteiger partial charge in [0, 0.05) is 18.7 Å². The van der Waals surface area contributed by atoms with Crippen LogP contribution in [0.3, 0.4) is 0 Å². The first-order valence-corrected chi connectivity index (χ1v) is 6.75. The van der Waals surface area contributed by atoms with Gasteiger partial charge in [-0.1, -0.05) is 6.42 Å². The number of aromatic nitrogens is 3. The van der Waals surface area contributed by atoms with Crippen LogP contribution in [0.4, 0.5) is 0 Å². The molecule has 5 nitrogen and oxygen atoms in total. The number of imidazole rings is 1. The summed E-state index contributed by atoms with van der Waals surface area (Å²) in [4.78, 5) is 20.1. The molecule has 19 heavy (non-hydrogen) atoms. The highest BCUT2D eigenvalue weighted by atomic mass is 16.4. The van der Waals surface area contributed by atoms with Gasteiger partial charge >= 0.3 is 5.97 Å². The van der Waals surface area contributed by atoms with Crippen molar-refractivity contribution < 1.29 is 9.90 Å².